The topological polar surface area (TPSA) is 40.5 Å². The Labute approximate surface area is 95.7 Å². The summed E-state index contributed by atoms with van der Waals surface area (Å²) < 4.78 is 0. The van der Waals surface area contributed by atoms with E-state index in [0.29, 0.717) is 6.42 Å². The van der Waals surface area contributed by atoms with Crippen LogP contribution in [0.2, 0.25) is 0 Å². The molecule has 1 N–H and O–H groups in total. The molecule has 0 aromatic heterocycles. The second-order valence-electron chi connectivity index (χ2n) is 4.38. The number of nitrogens with zero attached hydrogens (tertiary/aromatic N) is 1. The van der Waals surface area contributed by atoms with E-state index < -0.39 is 0 Å². The highest BCUT2D eigenvalue weighted by molar-refractivity contribution is 5.96. The first-order valence-electron chi connectivity index (χ1n) is 5.64. The van der Waals surface area contributed by atoms with E-state index in [4.69, 9.17) is 0 Å². The molecule has 1 atom stereocenters. The monoisotopic (exact) mass is 219 g/mol. The number of benzene rings is 1. The van der Waals surface area contributed by atoms with Crippen molar-refractivity contribution in [1.29, 1.82) is 0 Å². The normalized spacial score (nSPS) is 17.2. The maximum atomic E-state index is 11.6. The van der Waals surface area contributed by atoms with Gasteiger partial charge in [-0.15, -0.1) is 0 Å². The maximum absolute atomic E-state index is 11.6. The molecule has 0 fully saturated rings. The van der Waals surface area contributed by atoms with E-state index in [2.05, 4.69) is 0 Å². The van der Waals surface area contributed by atoms with E-state index in [1.165, 1.54) is 11.1 Å². The Morgan fingerprint density at radius 2 is 2.19 bits per heavy atom. The highest BCUT2D eigenvalue weighted by Gasteiger charge is 2.23. The van der Waals surface area contributed by atoms with Gasteiger partial charge < -0.3 is 10.0 Å². The van der Waals surface area contributed by atoms with E-state index in [-0.39, 0.29) is 18.4 Å². The predicted molar refractivity (Wildman–Crippen MR) is 63.7 cm³/mol. The van der Waals surface area contributed by atoms with Crippen LogP contribution in [0, 0.1) is 0 Å². The minimum absolute atomic E-state index is 0.136. The van der Waals surface area contributed by atoms with Gasteiger partial charge in [0.05, 0.1) is 0 Å². The minimum atomic E-state index is 0.136. The van der Waals surface area contributed by atoms with Gasteiger partial charge in [-0.25, -0.2) is 0 Å². The van der Waals surface area contributed by atoms with Crippen molar-refractivity contribution in [3.05, 3.63) is 29.3 Å². The smallest absolute Gasteiger partial charge is 0.227 e. The number of hydrogen-bond donors (Lipinski definition) is 1. The summed E-state index contributed by atoms with van der Waals surface area (Å²) in [6.45, 7) is 2.15. The second-order valence-corrected chi connectivity index (χ2v) is 4.38. The summed E-state index contributed by atoms with van der Waals surface area (Å²) in [5.74, 6) is 0.304. The molecule has 3 heteroatoms. The Balaban J connectivity index is 2.48. The van der Waals surface area contributed by atoms with Gasteiger partial charge in [-0.3, -0.25) is 4.79 Å². The lowest BCUT2D eigenvalue weighted by Gasteiger charge is -2.28. The molecule has 1 heterocycles. The highest BCUT2D eigenvalue weighted by Crippen LogP contribution is 2.32. The van der Waals surface area contributed by atoms with Crippen LogP contribution in [0.15, 0.2) is 18.2 Å². The molecule has 1 unspecified atom stereocenters. The van der Waals surface area contributed by atoms with E-state index in [0.717, 1.165) is 12.1 Å². The number of carbonyl (C=O) groups is 1. The molecule has 0 saturated carbocycles. The van der Waals surface area contributed by atoms with Crippen LogP contribution in [0.1, 0.15) is 30.4 Å². The van der Waals surface area contributed by atoms with Gasteiger partial charge in [-0.2, -0.15) is 0 Å². The Bertz CT molecular complexity index is 414. The van der Waals surface area contributed by atoms with Crippen molar-refractivity contribution in [2.75, 3.05) is 18.6 Å². The molecule has 1 aliphatic rings. The third-order valence-corrected chi connectivity index (χ3v) is 3.32. The van der Waals surface area contributed by atoms with Crippen molar-refractivity contribution in [2.24, 2.45) is 0 Å². The standard InChI is InChI=1S/C13H17NO2/c1-9(8-15)10-4-3-5-12-11(10)6-7-13(16)14(12)2/h3-5,9,15H,6-8H2,1-2H3. The van der Waals surface area contributed by atoms with Crippen molar-refractivity contribution in [1.82, 2.24) is 0 Å². The lowest BCUT2D eigenvalue weighted by atomic mass is 9.90. The van der Waals surface area contributed by atoms with Crippen molar-refractivity contribution in [3.63, 3.8) is 0 Å². The maximum Gasteiger partial charge on any atom is 0.227 e. The van der Waals surface area contributed by atoms with Gasteiger partial charge in [0, 0.05) is 31.7 Å². The fourth-order valence-corrected chi connectivity index (χ4v) is 2.27. The Hall–Kier alpha value is -1.35. The number of carbonyl (C=O) groups excluding carboxylic acids is 1. The summed E-state index contributed by atoms with van der Waals surface area (Å²) >= 11 is 0. The van der Waals surface area contributed by atoms with E-state index in [1.54, 1.807) is 4.90 Å². The number of fused-ring (bicyclic) bond motifs is 1. The van der Waals surface area contributed by atoms with E-state index in [9.17, 15) is 9.90 Å². The molecule has 0 spiro atoms. The SMILES string of the molecule is CC(CO)c1cccc2c1CCC(=O)N2C. The third-order valence-electron chi connectivity index (χ3n) is 3.32. The van der Waals surface area contributed by atoms with E-state index in [1.807, 2.05) is 32.2 Å². The minimum Gasteiger partial charge on any atom is -0.396 e. The summed E-state index contributed by atoms with van der Waals surface area (Å²) in [4.78, 5) is 13.3. The van der Waals surface area contributed by atoms with Crippen molar-refractivity contribution in [3.8, 4) is 0 Å². The van der Waals surface area contributed by atoms with Crippen LogP contribution in [0.3, 0.4) is 0 Å². The fraction of sp³-hybridized carbons (Fsp3) is 0.462. The number of hydrogen-bond acceptors (Lipinski definition) is 2. The van der Waals surface area contributed by atoms with Gasteiger partial charge in [0.2, 0.25) is 5.91 Å². The fourth-order valence-electron chi connectivity index (χ4n) is 2.27. The Kier molecular flexibility index (Phi) is 2.97. The van der Waals surface area contributed by atoms with Crippen molar-refractivity contribution >= 4 is 11.6 Å². The number of aliphatic hydroxyl groups excluding tert-OH is 1. The summed E-state index contributed by atoms with van der Waals surface area (Å²) in [5.41, 5.74) is 3.37. The largest absolute Gasteiger partial charge is 0.396 e. The summed E-state index contributed by atoms with van der Waals surface area (Å²) in [5, 5.41) is 9.23. The van der Waals surface area contributed by atoms with Crippen LogP contribution in [0.4, 0.5) is 5.69 Å². The highest BCUT2D eigenvalue weighted by atomic mass is 16.3. The van der Waals surface area contributed by atoms with E-state index >= 15 is 0 Å². The zero-order valence-corrected chi connectivity index (χ0v) is 9.73. The van der Waals surface area contributed by atoms with Crippen LogP contribution in [-0.4, -0.2) is 24.7 Å². The number of rotatable bonds is 2. The van der Waals surface area contributed by atoms with Gasteiger partial charge in [-0.05, 0) is 23.6 Å². The molecule has 3 nitrogen and oxygen atoms in total. The first-order chi connectivity index (χ1) is 7.65. The van der Waals surface area contributed by atoms with Crippen molar-refractivity contribution < 1.29 is 9.90 Å². The van der Waals surface area contributed by atoms with Crippen LogP contribution >= 0.6 is 0 Å². The molecule has 16 heavy (non-hydrogen) atoms. The first kappa shape index (κ1) is 11.1. The zero-order valence-electron chi connectivity index (χ0n) is 9.73. The number of aliphatic hydroxyl groups is 1. The van der Waals surface area contributed by atoms with Crippen LogP contribution < -0.4 is 4.90 Å². The summed E-state index contributed by atoms with van der Waals surface area (Å²) in [7, 11) is 1.81. The lowest BCUT2D eigenvalue weighted by molar-refractivity contribution is -0.118. The molecule has 86 valence electrons. The van der Waals surface area contributed by atoms with Crippen LogP contribution in [0.5, 0.6) is 0 Å². The molecule has 0 aliphatic carbocycles. The molecule has 0 radical (unpaired) electrons. The van der Waals surface area contributed by atoms with Gasteiger partial charge in [0.1, 0.15) is 0 Å². The molecule has 1 aromatic carbocycles. The molecular weight excluding hydrogens is 202 g/mol. The van der Waals surface area contributed by atoms with Crippen molar-refractivity contribution in [2.45, 2.75) is 25.7 Å². The quantitative estimate of drug-likeness (QED) is 0.822. The Morgan fingerprint density at radius 3 is 2.88 bits per heavy atom. The molecule has 1 aliphatic heterocycles. The average Bonchev–Trinajstić information content (AvgIpc) is 2.32. The Morgan fingerprint density at radius 1 is 1.44 bits per heavy atom. The molecular formula is C13H17NO2. The summed E-state index contributed by atoms with van der Waals surface area (Å²) in [6, 6.07) is 5.97. The molecule has 1 aromatic rings. The second kappa shape index (κ2) is 4.26. The first-order valence-corrected chi connectivity index (χ1v) is 5.64. The average molecular weight is 219 g/mol. The molecule has 0 bridgehead atoms. The number of amides is 1. The zero-order chi connectivity index (χ0) is 11.7. The van der Waals surface area contributed by atoms with Gasteiger partial charge >= 0.3 is 0 Å². The van der Waals surface area contributed by atoms with Gasteiger partial charge in [-0.1, -0.05) is 19.1 Å². The number of anilines is 1. The van der Waals surface area contributed by atoms with Crippen LogP contribution in [0.25, 0.3) is 0 Å². The van der Waals surface area contributed by atoms with Gasteiger partial charge in [0.25, 0.3) is 0 Å². The summed E-state index contributed by atoms with van der Waals surface area (Å²) in [6.07, 6.45) is 1.36. The predicted octanol–water partition coefficient (Wildman–Crippen LogP) is 1.69. The molecule has 2 rings (SSSR count). The van der Waals surface area contributed by atoms with Crippen LogP contribution in [-0.2, 0) is 11.2 Å². The molecule has 0 saturated heterocycles. The third kappa shape index (κ3) is 1.71. The van der Waals surface area contributed by atoms with Gasteiger partial charge in [0.15, 0.2) is 0 Å². The molecule has 1 amide bonds. The lowest BCUT2D eigenvalue weighted by Crippen LogP contribution is -2.31.